The zero-order chi connectivity index (χ0) is 23.7. The number of nitrogens with one attached hydrogen (secondary N) is 1. The summed E-state index contributed by atoms with van der Waals surface area (Å²) in [5.74, 6) is 1.12. The van der Waals surface area contributed by atoms with E-state index in [1.807, 2.05) is 49.3 Å². The molecule has 0 spiro atoms. The number of rotatable bonds is 5. The van der Waals surface area contributed by atoms with Crippen molar-refractivity contribution in [3.63, 3.8) is 0 Å². The first kappa shape index (κ1) is 22.2. The molecule has 1 aromatic carbocycles. The maximum atomic E-state index is 13.0. The van der Waals surface area contributed by atoms with Crippen molar-refractivity contribution in [3.05, 3.63) is 54.4 Å². The first-order valence-electron chi connectivity index (χ1n) is 11.1. The number of carbonyl (C=O) groups is 1. The third-order valence-electron chi connectivity index (χ3n) is 5.84. The van der Waals surface area contributed by atoms with Gasteiger partial charge in [0.2, 0.25) is 5.13 Å². The number of fused-ring (bicyclic) bond motifs is 1. The molecule has 10 heteroatoms. The summed E-state index contributed by atoms with van der Waals surface area (Å²) in [4.78, 5) is 28.3. The fourth-order valence-electron chi connectivity index (χ4n) is 3.81. The highest BCUT2D eigenvalue weighted by Crippen LogP contribution is 2.30. The van der Waals surface area contributed by atoms with E-state index in [9.17, 15) is 4.79 Å². The molecule has 34 heavy (non-hydrogen) atoms. The lowest BCUT2D eigenvalue weighted by Crippen LogP contribution is -2.44. The molecular formula is C24H26N8OS. The van der Waals surface area contributed by atoms with Crippen LogP contribution in [0, 0.1) is 0 Å². The van der Waals surface area contributed by atoms with E-state index in [4.69, 9.17) is 0 Å². The monoisotopic (exact) mass is 474 g/mol. The average molecular weight is 475 g/mol. The van der Waals surface area contributed by atoms with Crippen LogP contribution in [0.15, 0.2) is 48.8 Å². The van der Waals surface area contributed by atoms with Gasteiger partial charge in [0.05, 0.1) is 0 Å². The summed E-state index contributed by atoms with van der Waals surface area (Å²) in [5.41, 5.74) is 1.54. The van der Waals surface area contributed by atoms with Gasteiger partial charge in [-0.05, 0) is 36.7 Å². The molecule has 174 valence electrons. The van der Waals surface area contributed by atoms with Crippen molar-refractivity contribution in [3.8, 4) is 10.6 Å². The maximum absolute atomic E-state index is 13.0. The van der Waals surface area contributed by atoms with E-state index in [1.54, 1.807) is 18.5 Å². The lowest BCUT2D eigenvalue weighted by molar-refractivity contribution is 0.102. The highest BCUT2D eigenvalue weighted by molar-refractivity contribution is 7.18. The number of amides is 1. The molecule has 0 unspecified atom stereocenters. The Bertz CT molecular complexity index is 1330. The van der Waals surface area contributed by atoms with Crippen LogP contribution in [0.25, 0.3) is 21.3 Å². The summed E-state index contributed by atoms with van der Waals surface area (Å²) in [6.07, 6.45) is 3.45. The van der Waals surface area contributed by atoms with Gasteiger partial charge in [0.25, 0.3) is 5.91 Å². The van der Waals surface area contributed by atoms with Crippen LogP contribution >= 0.6 is 11.3 Å². The van der Waals surface area contributed by atoms with Crippen molar-refractivity contribution in [2.24, 2.45) is 0 Å². The Morgan fingerprint density at radius 1 is 1.00 bits per heavy atom. The molecule has 1 amide bonds. The van der Waals surface area contributed by atoms with E-state index in [1.165, 1.54) is 11.3 Å². The Kier molecular flexibility index (Phi) is 6.08. The molecule has 1 aliphatic rings. The van der Waals surface area contributed by atoms with Gasteiger partial charge in [-0.2, -0.15) is 0 Å². The summed E-state index contributed by atoms with van der Waals surface area (Å²) in [7, 11) is 6.01. The molecule has 1 aliphatic heterocycles. The molecule has 0 aliphatic carbocycles. The molecule has 5 rings (SSSR count). The maximum Gasteiger partial charge on any atom is 0.257 e. The van der Waals surface area contributed by atoms with Gasteiger partial charge < -0.3 is 20.0 Å². The normalized spacial score (nSPS) is 14.4. The summed E-state index contributed by atoms with van der Waals surface area (Å²) in [5, 5.41) is 15.1. The van der Waals surface area contributed by atoms with Crippen molar-refractivity contribution in [2.75, 3.05) is 62.4 Å². The molecule has 3 aromatic heterocycles. The number of hydrogen-bond donors (Lipinski definition) is 1. The number of pyridine rings is 2. The third-order valence-corrected chi connectivity index (χ3v) is 6.98. The molecule has 9 nitrogen and oxygen atoms in total. The zero-order valence-electron chi connectivity index (χ0n) is 19.4. The lowest BCUT2D eigenvalue weighted by Gasteiger charge is -2.33. The van der Waals surface area contributed by atoms with Gasteiger partial charge in [0, 0.05) is 69.2 Å². The largest absolute Gasteiger partial charge is 0.354 e. The first-order chi connectivity index (χ1) is 16.5. The fourth-order valence-corrected chi connectivity index (χ4v) is 4.58. The van der Waals surface area contributed by atoms with E-state index in [2.05, 4.69) is 42.3 Å². The number of nitrogens with zero attached hydrogens (tertiary/aromatic N) is 7. The van der Waals surface area contributed by atoms with Gasteiger partial charge in [-0.3, -0.25) is 4.79 Å². The molecule has 1 N–H and O–H groups in total. The Balaban J connectivity index is 1.35. The standard InChI is InChI=1S/C24H26N8OS/c1-30(2)24-29-28-23(34-24)17-4-5-18-15-26-20(13-19(18)12-17)27-22(33)16-6-7-25-21(14-16)32-10-8-31(3)9-11-32/h4-7,12-15H,8-11H2,1-3H3,(H,26,27,33). The molecule has 0 saturated carbocycles. The van der Waals surface area contributed by atoms with Crippen LogP contribution in [-0.4, -0.2) is 78.3 Å². The Morgan fingerprint density at radius 2 is 1.82 bits per heavy atom. The smallest absolute Gasteiger partial charge is 0.257 e. The van der Waals surface area contributed by atoms with Gasteiger partial charge in [-0.15, -0.1) is 10.2 Å². The van der Waals surface area contributed by atoms with Crippen LogP contribution in [0.5, 0.6) is 0 Å². The molecule has 4 heterocycles. The predicted molar refractivity (Wildman–Crippen MR) is 137 cm³/mol. The molecule has 1 saturated heterocycles. The van der Waals surface area contributed by atoms with Crippen LogP contribution in [0.4, 0.5) is 16.8 Å². The highest BCUT2D eigenvalue weighted by Gasteiger charge is 2.17. The molecular weight excluding hydrogens is 448 g/mol. The second kappa shape index (κ2) is 9.32. The SMILES string of the molecule is CN1CCN(c2cc(C(=O)Nc3cc4cc(-c5nnc(N(C)C)s5)ccc4cn3)ccn2)CC1. The summed E-state index contributed by atoms with van der Waals surface area (Å²) in [6.45, 7) is 3.75. The predicted octanol–water partition coefficient (Wildman–Crippen LogP) is 3.22. The van der Waals surface area contributed by atoms with E-state index in [-0.39, 0.29) is 5.91 Å². The van der Waals surface area contributed by atoms with E-state index >= 15 is 0 Å². The van der Waals surface area contributed by atoms with Crippen LogP contribution < -0.4 is 15.1 Å². The topological polar surface area (TPSA) is 90.4 Å². The van der Waals surface area contributed by atoms with Crippen molar-refractivity contribution in [1.29, 1.82) is 0 Å². The van der Waals surface area contributed by atoms with Crippen molar-refractivity contribution < 1.29 is 4.79 Å². The van der Waals surface area contributed by atoms with Crippen LogP contribution in [0.3, 0.4) is 0 Å². The Labute approximate surface area is 202 Å². The second-order valence-corrected chi connectivity index (χ2v) is 9.52. The molecule has 1 fully saturated rings. The van der Waals surface area contributed by atoms with Gasteiger partial charge in [-0.25, -0.2) is 9.97 Å². The van der Waals surface area contributed by atoms with E-state index in [0.29, 0.717) is 11.4 Å². The fraction of sp³-hybridized carbons (Fsp3) is 0.292. The minimum Gasteiger partial charge on any atom is -0.354 e. The Hall–Kier alpha value is -3.63. The second-order valence-electron chi connectivity index (χ2n) is 8.56. The van der Waals surface area contributed by atoms with Crippen molar-refractivity contribution >= 4 is 44.8 Å². The number of anilines is 3. The van der Waals surface area contributed by atoms with Gasteiger partial charge in [0.15, 0.2) is 0 Å². The van der Waals surface area contributed by atoms with Gasteiger partial charge in [-0.1, -0.05) is 23.5 Å². The lowest BCUT2D eigenvalue weighted by atomic mass is 10.1. The van der Waals surface area contributed by atoms with Crippen LogP contribution in [0.2, 0.25) is 0 Å². The number of likely N-dealkylation sites (N-methyl/N-ethyl adjacent to an activating group) is 1. The summed E-state index contributed by atoms with van der Waals surface area (Å²) >= 11 is 1.53. The van der Waals surface area contributed by atoms with Gasteiger partial charge >= 0.3 is 0 Å². The van der Waals surface area contributed by atoms with E-state index < -0.39 is 0 Å². The number of aromatic nitrogens is 4. The van der Waals surface area contributed by atoms with Crippen molar-refractivity contribution in [1.82, 2.24) is 25.1 Å². The summed E-state index contributed by atoms with van der Waals surface area (Å²) < 4.78 is 0. The Morgan fingerprint density at radius 3 is 2.59 bits per heavy atom. The van der Waals surface area contributed by atoms with E-state index in [0.717, 1.165) is 58.5 Å². The molecule has 0 atom stereocenters. The number of piperazine rings is 1. The minimum atomic E-state index is -0.208. The number of benzene rings is 1. The zero-order valence-corrected chi connectivity index (χ0v) is 20.2. The van der Waals surface area contributed by atoms with Crippen molar-refractivity contribution in [2.45, 2.75) is 0 Å². The third kappa shape index (κ3) is 4.68. The molecule has 4 aromatic rings. The molecule has 0 bridgehead atoms. The number of hydrogen-bond acceptors (Lipinski definition) is 9. The van der Waals surface area contributed by atoms with Gasteiger partial charge in [0.1, 0.15) is 16.6 Å². The first-order valence-corrected chi connectivity index (χ1v) is 11.9. The number of carbonyl (C=O) groups excluding carboxylic acids is 1. The molecule has 0 radical (unpaired) electrons. The van der Waals surface area contributed by atoms with Crippen LogP contribution in [-0.2, 0) is 0 Å². The average Bonchev–Trinajstić information content (AvgIpc) is 3.35. The minimum absolute atomic E-state index is 0.208. The highest BCUT2D eigenvalue weighted by atomic mass is 32.1. The quantitative estimate of drug-likeness (QED) is 0.472. The van der Waals surface area contributed by atoms with Crippen LogP contribution in [0.1, 0.15) is 10.4 Å². The summed E-state index contributed by atoms with van der Waals surface area (Å²) in [6, 6.07) is 11.5.